The van der Waals surface area contributed by atoms with Crippen molar-refractivity contribution in [2.45, 2.75) is 32.0 Å². The molecule has 1 aromatic rings. The van der Waals surface area contributed by atoms with Gasteiger partial charge in [0.05, 0.1) is 14.2 Å². The van der Waals surface area contributed by atoms with Gasteiger partial charge in [-0.2, -0.15) is 0 Å². The van der Waals surface area contributed by atoms with Crippen LogP contribution in [0.1, 0.15) is 24.8 Å². The number of hydrogen-bond donors (Lipinski definition) is 0. The lowest BCUT2D eigenvalue weighted by Crippen LogP contribution is -2.25. The lowest BCUT2D eigenvalue weighted by molar-refractivity contribution is -0.168. The fourth-order valence-electron chi connectivity index (χ4n) is 2.30. The van der Waals surface area contributed by atoms with Crippen molar-refractivity contribution in [2.75, 3.05) is 27.4 Å². The van der Waals surface area contributed by atoms with Gasteiger partial charge in [0.15, 0.2) is 23.6 Å². The monoisotopic (exact) mass is 294 g/mol. The molecule has 1 heterocycles. The topological polar surface area (TPSA) is 54.0 Å². The summed E-state index contributed by atoms with van der Waals surface area (Å²) in [5, 5.41) is 0. The van der Waals surface area contributed by atoms with Gasteiger partial charge in [-0.3, -0.25) is 4.79 Å². The predicted octanol–water partition coefficient (Wildman–Crippen LogP) is 2.36. The highest BCUT2D eigenvalue weighted by Crippen LogP contribution is 2.27. The lowest BCUT2D eigenvalue weighted by Gasteiger charge is -2.22. The minimum atomic E-state index is -0.229. The van der Waals surface area contributed by atoms with Crippen LogP contribution >= 0.6 is 0 Å². The third-order valence-electron chi connectivity index (χ3n) is 3.42. The van der Waals surface area contributed by atoms with Crippen LogP contribution in [0.15, 0.2) is 18.2 Å². The molecule has 0 N–H and O–H groups in total. The van der Waals surface area contributed by atoms with E-state index in [4.69, 9.17) is 18.9 Å². The summed E-state index contributed by atoms with van der Waals surface area (Å²) < 4.78 is 21.3. The summed E-state index contributed by atoms with van der Waals surface area (Å²) in [6, 6.07) is 5.47. The molecule has 0 saturated carbocycles. The lowest BCUT2D eigenvalue weighted by atomic mass is 10.1. The van der Waals surface area contributed by atoms with Crippen molar-refractivity contribution in [1.82, 2.24) is 0 Å². The maximum absolute atomic E-state index is 12.0. The first-order chi connectivity index (χ1) is 10.2. The van der Waals surface area contributed by atoms with Crippen LogP contribution in [-0.4, -0.2) is 39.5 Å². The van der Waals surface area contributed by atoms with Crippen molar-refractivity contribution in [2.24, 2.45) is 0 Å². The fourth-order valence-corrected chi connectivity index (χ4v) is 2.30. The highest BCUT2D eigenvalue weighted by molar-refractivity contribution is 5.82. The van der Waals surface area contributed by atoms with Crippen LogP contribution in [0.5, 0.6) is 11.5 Å². The van der Waals surface area contributed by atoms with E-state index >= 15 is 0 Å². The Morgan fingerprint density at radius 1 is 1.24 bits per heavy atom. The Morgan fingerprint density at radius 2 is 2.05 bits per heavy atom. The number of Topliss-reactive ketones (excluding diaryl/α,β-unsaturated/α-hetero) is 1. The molecule has 0 amide bonds. The van der Waals surface area contributed by atoms with Gasteiger partial charge in [0.1, 0.15) is 6.61 Å². The Bertz CT molecular complexity index is 466. The second-order valence-electron chi connectivity index (χ2n) is 5.01. The SMILES string of the molecule is COc1ccc(CC(=O)COC2CCCCO2)cc1OC. The molecule has 5 heteroatoms. The normalized spacial score (nSPS) is 18.3. The van der Waals surface area contributed by atoms with E-state index in [-0.39, 0.29) is 18.7 Å². The van der Waals surface area contributed by atoms with Crippen LogP contribution in [0, 0.1) is 0 Å². The Morgan fingerprint density at radius 3 is 2.71 bits per heavy atom. The van der Waals surface area contributed by atoms with Gasteiger partial charge in [-0.05, 0) is 37.0 Å². The number of carbonyl (C=O) groups excluding carboxylic acids is 1. The van der Waals surface area contributed by atoms with Crippen LogP contribution in [0.25, 0.3) is 0 Å². The van der Waals surface area contributed by atoms with Crippen molar-refractivity contribution in [1.29, 1.82) is 0 Å². The minimum absolute atomic E-state index is 0.0244. The van der Waals surface area contributed by atoms with E-state index in [0.29, 0.717) is 24.5 Å². The van der Waals surface area contributed by atoms with Crippen LogP contribution in [-0.2, 0) is 20.7 Å². The van der Waals surface area contributed by atoms with Crippen LogP contribution in [0.3, 0.4) is 0 Å². The molecule has 0 radical (unpaired) electrons. The molecule has 1 saturated heterocycles. The number of methoxy groups -OCH3 is 2. The number of carbonyl (C=O) groups is 1. The van der Waals surface area contributed by atoms with E-state index in [2.05, 4.69) is 0 Å². The van der Waals surface area contributed by atoms with Gasteiger partial charge >= 0.3 is 0 Å². The van der Waals surface area contributed by atoms with Gasteiger partial charge in [0.25, 0.3) is 0 Å². The fraction of sp³-hybridized carbons (Fsp3) is 0.562. The van der Waals surface area contributed by atoms with E-state index in [0.717, 1.165) is 24.8 Å². The molecule has 2 rings (SSSR count). The summed E-state index contributed by atoms with van der Waals surface area (Å²) in [6.07, 6.45) is 3.11. The third-order valence-corrected chi connectivity index (χ3v) is 3.42. The first kappa shape index (κ1) is 15.8. The molecular formula is C16H22O5. The average molecular weight is 294 g/mol. The maximum atomic E-state index is 12.0. The largest absolute Gasteiger partial charge is 0.493 e. The second kappa shape index (κ2) is 8.00. The van der Waals surface area contributed by atoms with Crippen molar-refractivity contribution in [3.8, 4) is 11.5 Å². The smallest absolute Gasteiger partial charge is 0.162 e. The molecule has 21 heavy (non-hydrogen) atoms. The highest BCUT2D eigenvalue weighted by Gasteiger charge is 2.16. The summed E-state index contributed by atoms with van der Waals surface area (Å²) >= 11 is 0. The molecule has 1 atom stereocenters. The summed E-state index contributed by atoms with van der Waals surface area (Å²) in [7, 11) is 3.16. The highest BCUT2D eigenvalue weighted by atomic mass is 16.7. The van der Waals surface area contributed by atoms with E-state index in [1.54, 1.807) is 20.3 Å². The zero-order chi connectivity index (χ0) is 15.1. The van der Waals surface area contributed by atoms with Gasteiger partial charge in [-0.25, -0.2) is 0 Å². The van der Waals surface area contributed by atoms with Crippen LogP contribution in [0.4, 0.5) is 0 Å². The number of hydrogen-bond acceptors (Lipinski definition) is 5. The number of benzene rings is 1. The van der Waals surface area contributed by atoms with Crippen LogP contribution in [0.2, 0.25) is 0 Å². The van der Waals surface area contributed by atoms with Gasteiger partial charge in [-0.1, -0.05) is 6.07 Å². The molecule has 1 aliphatic rings. The molecule has 1 aromatic carbocycles. The van der Waals surface area contributed by atoms with E-state index in [1.807, 2.05) is 12.1 Å². The summed E-state index contributed by atoms with van der Waals surface area (Å²) in [5.74, 6) is 1.30. The molecule has 1 unspecified atom stereocenters. The zero-order valence-electron chi connectivity index (χ0n) is 12.6. The number of rotatable bonds is 7. The first-order valence-electron chi connectivity index (χ1n) is 7.18. The third kappa shape index (κ3) is 4.72. The summed E-state index contributed by atoms with van der Waals surface area (Å²) in [4.78, 5) is 12.0. The van der Waals surface area contributed by atoms with Gasteiger partial charge < -0.3 is 18.9 Å². The van der Waals surface area contributed by atoms with Gasteiger partial charge in [0, 0.05) is 13.0 Å². The van der Waals surface area contributed by atoms with E-state index < -0.39 is 0 Å². The van der Waals surface area contributed by atoms with Crippen LogP contribution < -0.4 is 9.47 Å². The quantitative estimate of drug-likeness (QED) is 0.772. The van der Waals surface area contributed by atoms with Gasteiger partial charge in [-0.15, -0.1) is 0 Å². The van der Waals surface area contributed by atoms with Crippen molar-refractivity contribution < 1.29 is 23.7 Å². The molecule has 0 aliphatic carbocycles. The first-order valence-corrected chi connectivity index (χ1v) is 7.18. The Hall–Kier alpha value is -1.59. The molecule has 5 nitrogen and oxygen atoms in total. The average Bonchev–Trinajstić information content (AvgIpc) is 2.53. The molecule has 1 aliphatic heterocycles. The molecule has 0 spiro atoms. The summed E-state index contributed by atoms with van der Waals surface area (Å²) in [5.41, 5.74) is 0.880. The van der Waals surface area contributed by atoms with E-state index in [1.165, 1.54) is 0 Å². The Labute approximate surface area is 125 Å². The molecule has 0 bridgehead atoms. The molecular weight excluding hydrogens is 272 g/mol. The Kier molecular flexibility index (Phi) is 6.02. The standard InChI is InChI=1S/C16H22O5/c1-18-14-7-6-12(10-15(14)19-2)9-13(17)11-21-16-5-3-4-8-20-16/h6-7,10,16H,3-5,8-9,11H2,1-2H3. The van der Waals surface area contributed by atoms with Gasteiger partial charge in [0.2, 0.25) is 0 Å². The Balaban J connectivity index is 1.84. The van der Waals surface area contributed by atoms with Crippen molar-refractivity contribution in [3.63, 3.8) is 0 Å². The van der Waals surface area contributed by atoms with Crippen molar-refractivity contribution in [3.05, 3.63) is 23.8 Å². The zero-order valence-corrected chi connectivity index (χ0v) is 12.6. The summed E-state index contributed by atoms with van der Waals surface area (Å²) in [6.45, 7) is 0.799. The van der Waals surface area contributed by atoms with E-state index in [9.17, 15) is 4.79 Å². The molecule has 1 fully saturated rings. The maximum Gasteiger partial charge on any atom is 0.162 e. The number of ketones is 1. The molecule has 116 valence electrons. The molecule has 0 aromatic heterocycles. The number of ether oxygens (including phenoxy) is 4. The second-order valence-corrected chi connectivity index (χ2v) is 5.01. The minimum Gasteiger partial charge on any atom is -0.493 e. The predicted molar refractivity (Wildman–Crippen MR) is 77.8 cm³/mol. The van der Waals surface area contributed by atoms with Crippen molar-refractivity contribution >= 4 is 5.78 Å².